The Kier molecular flexibility index (Phi) is 3.92. The van der Waals surface area contributed by atoms with E-state index < -0.39 is 0 Å². The molecule has 0 bridgehead atoms. The molecule has 1 aromatic rings. The zero-order chi connectivity index (χ0) is 13.9. The minimum Gasteiger partial charge on any atom is -0.496 e. The van der Waals surface area contributed by atoms with Gasteiger partial charge in [0.1, 0.15) is 11.9 Å². The summed E-state index contributed by atoms with van der Waals surface area (Å²) in [5.74, 6) is 2.34. The molecule has 4 nitrogen and oxygen atoms in total. The van der Waals surface area contributed by atoms with E-state index in [0.717, 1.165) is 36.6 Å². The van der Waals surface area contributed by atoms with E-state index in [9.17, 15) is 0 Å². The van der Waals surface area contributed by atoms with Crippen LogP contribution in [0.25, 0.3) is 0 Å². The number of aliphatic imine (C=N–C) groups is 1. The Balaban J connectivity index is 1.68. The number of methoxy groups -OCH3 is 1. The number of hydrogen-bond donors (Lipinski definition) is 1. The van der Waals surface area contributed by atoms with Crippen molar-refractivity contribution in [2.24, 2.45) is 16.6 Å². The maximum atomic E-state index is 6.04. The highest BCUT2D eigenvalue weighted by Crippen LogP contribution is 2.33. The summed E-state index contributed by atoms with van der Waals surface area (Å²) in [6.07, 6.45) is 4.26. The average Bonchev–Trinajstić information content (AvgIpc) is 2.89. The molecule has 3 atom stereocenters. The Morgan fingerprint density at radius 1 is 1.35 bits per heavy atom. The number of fused-ring (bicyclic) bond motifs is 1. The van der Waals surface area contributed by atoms with Gasteiger partial charge in [0.15, 0.2) is 5.90 Å². The third-order valence-electron chi connectivity index (χ3n) is 4.33. The van der Waals surface area contributed by atoms with Gasteiger partial charge in [0.2, 0.25) is 0 Å². The van der Waals surface area contributed by atoms with Crippen molar-refractivity contribution >= 4 is 5.90 Å². The lowest BCUT2D eigenvalue weighted by Gasteiger charge is -2.28. The van der Waals surface area contributed by atoms with Crippen LogP contribution >= 0.6 is 0 Å². The molecule has 0 amide bonds. The van der Waals surface area contributed by atoms with Crippen molar-refractivity contribution in [2.75, 3.05) is 13.7 Å². The molecule has 20 heavy (non-hydrogen) atoms. The molecule has 3 rings (SSSR count). The number of benzene rings is 1. The first-order chi connectivity index (χ1) is 9.80. The number of ether oxygens (including phenoxy) is 2. The van der Waals surface area contributed by atoms with Crippen LogP contribution in [0.5, 0.6) is 5.75 Å². The molecule has 0 saturated heterocycles. The van der Waals surface area contributed by atoms with E-state index >= 15 is 0 Å². The van der Waals surface area contributed by atoms with Crippen LogP contribution in [0.15, 0.2) is 29.3 Å². The Morgan fingerprint density at radius 2 is 2.20 bits per heavy atom. The zero-order valence-electron chi connectivity index (χ0n) is 11.9. The van der Waals surface area contributed by atoms with Gasteiger partial charge in [-0.2, -0.15) is 0 Å². The Bertz CT molecular complexity index is 501. The van der Waals surface area contributed by atoms with E-state index in [1.54, 1.807) is 7.11 Å². The van der Waals surface area contributed by atoms with Crippen molar-refractivity contribution in [3.8, 4) is 5.75 Å². The molecule has 4 heteroatoms. The van der Waals surface area contributed by atoms with Crippen LogP contribution < -0.4 is 10.5 Å². The lowest BCUT2D eigenvalue weighted by Crippen LogP contribution is -2.34. The minimum absolute atomic E-state index is 0.238. The average molecular weight is 274 g/mol. The minimum atomic E-state index is 0.238. The molecule has 0 aromatic heterocycles. The van der Waals surface area contributed by atoms with Crippen molar-refractivity contribution in [3.05, 3.63) is 29.8 Å². The van der Waals surface area contributed by atoms with Gasteiger partial charge < -0.3 is 15.2 Å². The van der Waals surface area contributed by atoms with Crippen molar-refractivity contribution in [3.63, 3.8) is 0 Å². The van der Waals surface area contributed by atoms with E-state index in [4.69, 9.17) is 20.2 Å². The summed E-state index contributed by atoms with van der Waals surface area (Å²) in [7, 11) is 1.70. The van der Waals surface area contributed by atoms with Crippen molar-refractivity contribution in [1.82, 2.24) is 0 Å². The molecule has 108 valence electrons. The molecular weight excluding hydrogens is 252 g/mol. The van der Waals surface area contributed by atoms with E-state index in [0.29, 0.717) is 18.4 Å². The standard InChI is InChI=1S/C16H22N2O2/c1-19-14-5-3-2-4-12(14)9-16-18-13-7-6-11(10-17)8-15(13)20-16/h2-5,11,13,15H,6-10,17H2,1H3. The molecule has 0 radical (unpaired) electrons. The summed E-state index contributed by atoms with van der Waals surface area (Å²) in [6, 6.07) is 8.37. The monoisotopic (exact) mass is 274 g/mol. The fourth-order valence-corrected chi connectivity index (χ4v) is 3.17. The molecule has 2 N–H and O–H groups in total. The van der Waals surface area contributed by atoms with Crippen LogP contribution in [0.2, 0.25) is 0 Å². The molecule has 3 unspecified atom stereocenters. The fourth-order valence-electron chi connectivity index (χ4n) is 3.17. The second-order valence-electron chi connectivity index (χ2n) is 5.65. The van der Waals surface area contributed by atoms with Gasteiger partial charge in [0, 0.05) is 5.56 Å². The van der Waals surface area contributed by atoms with Crippen molar-refractivity contribution in [2.45, 2.75) is 37.8 Å². The molecule has 1 aromatic carbocycles. The molecule has 1 fully saturated rings. The normalized spacial score (nSPS) is 28.5. The van der Waals surface area contributed by atoms with Gasteiger partial charge >= 0.3 is 0 Å². The maximum Gasteiger partial charge on any atom is 0.188 e. The van der Waals surface area contributed by atoms with Crippen LogP contribution in [0.1, 0.15) is 24.8 Å². The summed E-state index contributed by atoms with van der Waals surface area (Å²) in [5.41, 5.74) is 6.90. The summed E-state index contributed by atoms with van der Waals surface area (Å²) in [4.78, 5) is 4.75. The first-order valence-electron chi connectivity index (χ1n) is 7.35. The smallest absolute Gasteiger partial charge is 0.188 e. The predicted molar refractivity (Wildman–Crippen MR) is 79.2 cm³/mol. The summed E-state index contributed by atoms with van der Waals surface area (Å²) < 4.78 is 11.4. The SMILES string of the molecule is COc1ccccc1CC1=NC2CCC(CN)CC2O1. The Labute approximate surface area is 120 Å². The Hall–Kier alpha value is -1.55. The number of nitrogens with two attached hydrogens (primary N) is 1. The van der Waals surface area contributed by atoms with Crippen LogP contribution in [-0.4, -0.2) is 31.7 Å². The van der Waals surface area contributed by atoms with E-state index in [2.05, 4.69) is 6.07 Å². The number of para-hydroxylation sites is 1. The van der Waals surface area contributed by atoms with Crippen LogP contribution in [0, 0.1) is 5.92 Å². The van der Waals surface area contributed by atoms with Gasteiger partial charge in [-0.15, -0.1) is 0 Å². The van der Waals surface area contributed by atoms with Crippen molar-refractivity contribution in [1.29, 1.82) is 0 Å². The van der Waals surface area contributed by atoms with Gasteiger partial charge in [0.25, 0.3) is 0 Å². The third-order valence-corrected chi connectivity index (χ3v) is 4.33. The van der Waals surface area contributed by atoms with E-state index in [-0.39, 0.29) is 6.10 Å². The van der Waals surface area contributed by atoms with Gasteiger partial charge in [-0.3, -0.25) is 0 Å². The van der Waals surface area contributed by atoms with Crippen LogP contribution in [0.3, 0.4) is 0 Å². The molecule has 2 aliphatic rings. The largest absolute Gasteiger partial charge is 0.496 e. The topological polar surface area (TPSA) is 56.8 Å². The summed E-state index contributed by atoms with van der Waals surface area (Å²) in [5, 5.41) is 0. The molecule has 1 aliphatic carbocycles. The highest BCUT2D eigenvalue weighted by Gasteiger charge is 2.36. The summed E-state index contributed by atoms with van der Waals surface area (Å²) >= 11 is 0. The number of nitrogens with zero attached hydrogens (tertiary/aromatic N) is 1. The van der Waals surface area contributed by atoms with E-state index in [1.807, 2.05) is 18.2 Å². The number of rotatable bonds is 4. The number of hydrogen-bond acceptors (Lipinski definition) is 4. The second-order valence-corrected chi connectivity index (χ2v) is 5.65. The molecular formula is C16H22N2O2. The van der Waals surface area contributed by atoms with Crippen molar-refractivity contribution < 1.29 is 9.47 Å². The first-order valence-corrected chi connectivity index (χ1v) is 7.35. The predicted octanol–water partition coefficient (Wildman–Crippen LogP) is 2.16. The molecule has 1 heterocycles. The fraction of sp³-hybridized carbons (Fsp3) is 0.562. The quantitative estimate of drug-likeness (QED) is 0.915. The van der Waals surface area contributed by atoms with Gasteiger partial charge in [0.05, 0.1) is 19.6 Å². The van der Waals surface area contributed by atoms with Gasteiger partial charge in [-0.1, -0.05) is 18.2 Å². The summed E-state index contributed by atoms with van der Waals surface area (Å²) in [6.45, 7) is 0.758. The van der Waals surface area contributed by atoms with Gasteiger partial charge in [-0.05, 0) is 37.8 Å². The zero-order valence-corrected chi connectivity index (χ0v) is 11.9. The lowest BCUT2D eigenvalue weighted by atomic mass is 9.84. The molecule has 1 aliphatic heterocycles. The lowest BCUT2D eigenvalue weighted by molar-refractivity contribution is 0.121. The maximum absolute atomic E-state index is 6.04. The molecule has 0 spiro atoms. The van der Waals surface area contributed by atoms with Crippen LogP contribution in [0.4, 0.5) is 0 Å². The van der Waals surface area contributed by atoms with Gasteiger partial charge in [-0.25, -0.2) is 4.99 Å². The highest BCUT2D eigenvalue weighted by molar-refractivity contribution is 5.81. The van der Waals surface area contributed by atoms with E-state index in [1.165, 1.54) is 6.42 Å². The first kappa shape index (κ1) is 13.4. The van der Waals surface area contributed by atoms with Crippen LogP contribution in [-0.2, 0) is 11.2 Å². The highest BCUT2D eigenvalue weighted by atomic mass is 16.5. The third kappa shape index (κ3) is 2.66. The second kappa shape index (κ2) is 5.83. The molecule has 1 saturated carbocycles. The Morgan fingerprint density at radius 3 is 3.00 bits per heavy atom.